The first-order chi connectivity index (χ1) is 15.0. The predicted molar refractivity (Wildman–Crippen MR) is 118 cm³/mol. The number of rotatable bonds is 7. The van der Waals surface area contributed by atoms with Crippen LogP contribution in [0.4, 0.5) is 0 Å². The first-order valence-electron chi connectivity index (χ1n) is 8.66. The molecule has 3 rings (SSSR count). The van der Waals surface area contributed by atoms with Crippen LogP contribution in [-0.2, 0) is 4.79 Å². The third kappa shape index (κ3) is 6.04. The highest BCUT2D eigenvalue weighted by molar-refractivity contribution is 9.11. The molecule has 31 heavy (non-hydrogen) atoms. The van der Waals surface area contributed by atoms with Gasteiger partial charge in [0, 0.05) is 10.0 Å². The zero-order valence-electron chi connectivity index (χ0n) is 15.7. The van der Waals surface area contributed by atoms with Crippen LogP contribution in [0.3, 0.4) is 0 Å². The zero-order valence-corrected chi connectivity index (χ0v) is 18.8. The van der Waals surface area contributed by atoms with Gasteiger partial charge in [0.15, 0.2) is 12.4 Å². The fourth-order valence-electron chi connectivity index (χ4n) is 2.36. The molecule has 0 unspecified atom stereocenters. The molecule has 0 saturated heterocycles. The number of esters is 1. The Labute approximate surface area is 193 Å². The van der Waals surface area contributed by atoms with Gasteiger partial charge in [0.2, 0.25) is 5.76 Å². The van der Waals surface area contributed by atoms with Crippen LogP contribution in [0, 0.1) is 11.3 Å². The molecule has 0 aliphatic rings. The molecule has 1 amide bonds. The van der Waals surface area contributed by atoms with Gasteiger partial charge in [-0.15, -0.1) is 0 Å². The number of benzene rings is 2. The van der Waals surface area contributed by atoms with Gasteiger partial charge in [0.1, 0.15) is 11.8 Å². The molecule has 8 nitrogen and oxygen atoms in total. The second-order valence-electron chi connectivity index (χ2n) is 5.86. The van der Waals surface area contributed by atoms with E-state index < -0.39 is 11.9 Å². The van der Waals surface area contributed by atoms with Crippen molar-refractivity contribution in [2.45, 2.75) is 0 Å². The second kappa shape index (κ2) is 10.6. The number of carbonyl (C=O) groups excluding carboxylic acids is 2. The average Bonchev–Trinajstić information content (AvgIpc) is 3.29. The Morgan fingerprint density at radius 1 is 1.19 bits per heavy atom. The van der Waals surface area contributed by atoms with Crippen LogP contribution in [0.2, 0.25) is 0 Å². The van der Waals surface area contributed by atoms with E-state index in [-0.39, 0.29) is 18.1 Å². The number of nitriles is 1. The third-order valence-electron chi connectivity index (χ3n) is 3.71. The standard InChI is InChI=1S/C21H13Br2N3O5/c22-15-8-14(20(16(23)9-15)31-21(28)18-6-3-7-29-18)11-25-26-19(27)12-30-17-5-2-1-4-13(17)10-24/h1-9,11H,12H2,(H,26,27)/b25-11-. The maximum absolute atomic E-state index is 12.2. The van der Waals surface area contributed by atoms with Crippen LogP contribution in [0.25, 0.3) is 0 Å². The number of nitrogens with zero attached hydrogens (tertiary/aromatic N) is 2. The van der Waals surface area contributed by atoms with Crippen LogP contribution in [0.5, 0.6) is 11.5 Å². The number of nitrogens with one attached hydrogen (secondary N) is 1. The summed E-state index contributed by atoms with van der Waals surface area (Å²) in [5, 5.41) is 12.9. The largest absolute Gasteiger partial charge is 0.482 e. The highest BCUT2D eigenvalue weighted by Crippen LogP contribution is 2.32. The van der Waals surface area contributed by atoms with E-state index in [1.165, 1.54) is 18.5 Å². The fraction of sp³-hybridized carbons (Fsp3) is 0.0476. The summed E-state index contributed by atoms with van der Waals surface area (Å²) in [5.74, 6) is -0.682. The fourth-order valence-corrected chi connectivity index (χ4v) is 3.70. The number of halogens is 2. The van der Waals surface area contributed by atoms with E-state index in [0.717, 1.165) is 0 Å². The Balaban J connectivity index is 1.66. The minimum Gasteiger partial charge on any atom is -0.482 e. The molecule has 0 bridgehead atoms. The number of para-hydroxylation sites is 1. The monoisotopic (exact) mass is 545 g/mol. The Kier molecular flexibility index (Phi) is 7.59. The average molecular weight is 547 g/mol. The first-order valence-corrected chi connectivity index (χ1v) is 10.2. The SMILES string of the molecule is N#Cc1ccccc1OCC(=O)N/N=C\c1cc(Br)cc(Br)c1OC(=O)c1ccco1. The summed E-state index contributed by atoms with van der Waals surface area (Å²) in [5.41, 5.74) is 3.05. The minimum absolute atomic E-state index is 0.0424. The third-order valence-corrected chi connectivity index (χ3v) is 4.76. The molecule has 0 spiro atoms. The van der Waals surface area contributed by atoms with Gasteiger partial charge < -0.3 is 13.9 Å². The molecule has 3 aromatic rings. The molecule has 1 heterocycles. The summed E-state index contributed by atoms with van der Waals surface area (Å²) in [4.78, 5) is 24.2. The Bertz CT molecular complexity index is 1170. The lowest BCUT2D eigenvalue weighted by atomic mass is 10.2. The first kappa shape index (κ1) is 22.3. The van der Waals surface area contributed by atoms with E-state index in [1.807, 2.05) is 6.07 Å². The van der Waals surface area contributed by atoms with E-state index in [1.54, 1.807) is 42.5 Å². The van der Waals surface area contributed by atoms with Crippen molar-refractivity contribution in [3.8, 4) is 17.6 Å². The number of hydrazone groups is 1. The highest BCUT2D eigenvalue weighted by Gasteiger charge is 2.17. The van der Waals surface area contributed by atoms with Gasteiger partial charge in [-0.25, -0.2) is 10.2 Å². The van der Waals surface area contributed by atoms with Gasteiger partial charge in [-0.3, -0.25) is 4.79 Å². The van der Waals surface area contributed by atoms with Gasteiger partial charge in [-0.05, 0) is 52.3 Å². The van der Waals surface area contributed by atoms with Crippen molar-refractivity contribution in [3.05, 3.63) is 80.6 Å². The summed E-state index contributed by atoms with van der Waals surface area (Å²) in [6, 6.07) is 15.0. The molecular formula is C21H13Br2N3O5. The molecule has 0 radical (unpaired) electrons. The van der Waals surface area contributed by atoms with Crippen molar-refractivity contribution in [1.82, 2.24) is 5.43 Å². The summed E-state index contributed by atoms with van der Waals surface area (Å²) < 4.78 is 17.0. The normalized spacial score (nSPS) is 10.5. The molecule has 2 aromatic carbocycles. The van der Waals surface area contributed by atoms with Crippen molar-refractivity contribution in [3.63, 3.8) is 0 Å². The highest BCUT2D eigenvalue weighted by atomic mass is 79.9. The number of carbonyl (C=O) groups is 2. The maximum Gasteiger partial charge on any atom is 0.379 e. The van der Waals surface area contributed by atoms with Crippen molar-refractivity contribution in [2.24, 2.45) is 5.10 Å². The van der Waals surface area contributed by atoms with Gasteiger partial charge >= 0.3 is 5.97 Å². The molecule has 156 valence electrons. The van der Waals surface area contributed by atoms with Crippen molar-refractivity contribution >= 4 is 50.0 Å². The maximum atomic E-state index is 12.2. The molecule has 0 saturated carbocycles. The molecule has 0 aliphatic carbocycles. The van der Waals surface area contributed by atoms with E-state index in [0.29, 0.717) is 25.8 Å². The van der Waals surface area contributed by atoms with Crippen LogP contribution >= 0.6 is 31.9 Å². The van der Waals surface area contributed by atoms with Crippen molar-refractivity contribution < 1.29 is 23.5 Å². The summed E-state index contributed by atoms with van der Waals surface area (Å²) in [6.45, 7) is -0.335. The van der Waals surface area contributed by atoms with Gasteiger partial charge in [0.05, 0.1) is 22.5 Å². The minimum atomic E-state index is -0.684. The molecule has 10 heteroatoms. The van der Waals surface area contributed by atoms with Gasteiger partial charge in [-0.1, -0.05) is 28.1 Å². The predicted octanol–water partition coefficient (Wildman–Crippen LogP) is 4.42. The molecule has 1 aromatic heterocycles. The zero-order chi connectivity index (χ0) is 22.2. The topological polar surface area (TPSA) is 114 Å². The van der Waals surface area contributed by atoms with Crippen LogP contribution in [-0.4, -0.2) is 24.7 Å². The lowest BCUT2D eigenvalue weighted by molar-refractivity contribution is -0.123. The summed E-state index contributed by atoms with van der Waals surface area (Å²) in [7, 11) is 0. The van der Waals surface area contributed by atoms with Crippen LogP contribution < -0.4 is 14.9 Å². The number of hydrogen-bond donors (Lipinski definition) is 1. The smallest absolute Gasteiger partial charge is 0.379 e. The second-order valence-corrected chi connectivity index (χ2v) is 7.63. The number of ether oxygens (including phenoxy) is 2. The lowest BCUT2D eigenvalue weighted by Crippen LogP contribution is -2.24. The Morgan fingerprint density at radius 3 is 2.74 bits per heavy atom. The summed E-state index contributed by atoms with van der Waals surface area (Å²) in [6.07, 6.45) is 2.68. The molecule has 0 atom stereocenters. The van der Waals surface area contributed by atoms with Crippen molar-refractivity contribution in [2.75, 3.05) is 6.61 Å². The lowest BCUT2D eigenvalue weighted by Gasteiger charge is -2.09. The van der Waals surface area contributed by atoms with E-state index in [4.69, 9.17) is 19.2 Å². The summed E-state index contributed by atoms with van der Waals surface area (Å²) >= 11 is 6.69. The molecule has 0 fully saturated rings. The number of amides is 1. The number of hydrogen-bond acceptors (Lipinski definition) is 7. The van der Waals surface area contributed by atoms with E-state index in [2.05, 4.69) is 42.4 Å². The van der Waals surface area contributed by atoms with Crippen LogP contribution in [0.1, 0.15) is 21.7 Å². The molecular weight excluding hydrogens is 534 g/mol. The van der Waals surface area contributed by atoms with Crippen LogP contribution in [0.15, 0.2) is 73.3 Å². The Hall–Kier alpha value is -3.42. The molecule has 0 aliphatic heterocycles. The molecule has 1 N–H and O–H groups in total. The van der Waals surface area contributed by atoms with E-state index in [9.17, 15) is 9.59 Å². The number of furan rings is 1. The van der Waals surface area contributed by atoms with Gasteiger partial charge in [0.25, 0.3) is 5.91 Å². The van der Waals surface area contributed by atoms with Gasteiger partial charge in [-0.2, -0.15) is 10.4 Å². The quantitative estimate of drug-likeness (QED) is 0.203. The van der Waals surface area contributed by atoms with Crippen molar-refractivity contribution in [1.29, 1.82) is 5.26 Å². The Morgan fingerprint density at radius 2 is 2.00 bits per heavy atom. The van der Waals surface area contributed by atoms with E-state index >= 15 is 0 Å².